The van der Waals surface area contributed by atoms with E-state index in [2.05, 4.69) is 65.6 Å². The molecular weight excluding hydrogens is 919 g/mol. The molecule has 0 saturated carbocycles. The molecular formula is C52H57N13O7. The maximum atomic E-state index is 12.0. The number of nitrogens with zero attached hydrogens (tertiary/aromatic N) is 8. The van der Waals surface area contributed by atoms with Crippen molar-refractivity contribution in [3.05, 3.63) is 110 Å². The smallest absolute Gasteiger partial charge is 0.413 e. The number of fused-ring (bicyclic) bond motifs is 2. The van der Waals surface area contributed by atoms with Crippen molar-refractivity contribution in [1.82, 2.24) is 55.0 Å². The highest BCUT2D eigenvalue weighted by atomic mass is 16.5. The number of imidazole rings is 2. The van der Waals surface area contributed by atoms with Gasteiger partial charge in [-0.05, 0) is 85.6 Å². The fourth-order valence-corrected chi connectivity index (χ4v) is 8.18. The number of hydrogen-bond donors (Lipinski definition) is 5. The lowest BCUT2D eigenvalue weighted by molar-refractivity contribution is 0.0319. The standard InChI is InChI=1S/C26H29N7O3.C26H28N6O4/c1-2-27-26(34)32-25-30-22-16-19(15-20(24(22)31-25)21-5-3-4-8-28-21)18-6-7-23(29-17-18)36-14-11-33-9-12-35-13-10-33;1-2-35-26(33)31-25-29-22-16-19(15-20(24(22)30-25)21-5-3-4-8-27-21)18-6-7-23(28-17-18)36-14-11-32-9-12-34-13-10-32/h3-8,15-17H,2,9-14H2,1H3,(H3,27,30,31,32,34);3-8,15-17H,2,9-14H2,1H3,(H2,29,30,31,33). The molecule has 0 aliphatic carbocycles. The van der Waals surface area contributed by atoms with Gasteiger partial charge in [-0.25, -0.2) is 29.5 Å². The number of amides is 3. The van der Waals surface area contributed by atoms with Crippen LogP contribution in [0.15, 0.2) is 110 Å². The molecule has 8 heterocycles. The Bertz CT molecular complexity index is 2810. The van der Waals surface area contributed by atoms with E-state index in [1.807, 2.05) is 91.9 Å². The van der Waals surface area contributed by atoms with Gasteiger partial charge in [0.2, 0.25) is 23.7 Å². The van der Waals surface area contributed by atoms with Crippen molar-refractivity contribution in [2.75, 3.05) is 103 Å². The Morgan fingerprint density at radius 3 is 1.54 bits per heavy atom. The predicted octanol–water partition coefficient (Wildman–Crippen LogP) is 7.51. The SMILES string of the molecule is CCNC(=O)Nc1nc2c(-c3ccccn3)cc(-c3ccc(OCCN4CCOCC4)nc3)cc2[nH]1.CCOC(=O)Nc1nc2c(-c3ccccn3)cc(-c3ccc(OCCN4CCOCC4)nc3)cc2[nH]1. The average molecular weight is 976 g/mol. The lowest BCUT2D eigenvalue weighted by Gasteiger charge is -2.26. The lowest BCUT2D eigenvalue weighted by Crippen LogP contribution is -2.38. The number of anilines is 2. The zero-order valence-corrected chi connectivity index (χ0v) is 40.2. The molecule has 5 N–H and O–H groups in total. The van der Waals surface area contributed by atoms with Gasteiger partial charge in [0, 0.05) is 105 Å². The van der Waals surface area contributed by atoms with Crippen LogP contribution in [0.25, 0.3) is 66.8 Å². The molecule has 0 atom stereocenters. The summed E-state index contributed by atoms with van der Waals surface area (Å²) >= 11 is 0. The molecule has 2 fully saturated rings. The second-order valence-corrected chi connectivity index (χ2v) is 16.6. The van der Waals surface area contributed by atoms with Crippen molar-refractivity contribution in [2.45, 2.75) is 13.8 Å². The van der Waals surface area contributed by atoms with E-state index in [1.165, 1.54) is 0 Å². The van der Waals surface area contributed by atoms with Crippen molar-refractivity contribution in [1.29, 1.82) is 0 Å². The Morgan fingerprint density at radius 1 is 0.611 bits per heavy atom. The number of nitrogens with one attached hydrogen (secondary N) is 5. The van der Waals surface area contributed by atoms with E-state index in [-0.39, 0.29) is 12.6 Å². The number of benzene rings is 2. The number of hydrogen-bond acceptors (Lipinski definition) is 15. The van der Waals surface area contributed by atoms with Crippen molar-refractivity contribution >= 4 is 46.1 Å². The first kappa shape index (κ1) is 49.0. The highest BCUT2D eigenvalue weighted by Gasteiger charge is 2.18. The third kappa shape index (κ3) is 12.8. The molecule has 0 radical (unpaired) electrons. The van der Waals surface area contributed by atoms with Crippen molar-refractivity contribution in [2.24, 2.45) is 0 Å². The summed E-state index contributed by atoms with van der Waals surface area (Å²) in [6.45, 7) is 14.1. The molecule has 20 nitrogen and oxygen atoms in total. The van der Waals surface area contributed by atoms with Crippen LogP contribution in [0.5, 0.6) is 11.8 Å². The number of pyridine rings is 4. The number of morpholine rings is 2. The van der Waals surface area contributed by atoms with Crippen molar-refractivity contribution in [3.8, 4) is 56.5 Å². The minimum Gasteiger partial charge on any atom is -0.476 e. The monoisotopic (exact) mass is 975 g/mol. The van der Waals surface area contributed by atoms with Gasteiger partial charge < -0.3 is 39.0 Å². The van der Waals surface area contributed by atoms with Crippen LogP contribution in [-0.2, 0) is 14.2 Å². The molecule has 20 heteroatoms. The number of H-pyrrole nitrogens is 2. The van der Waals surface area contributed by atoms with E-state index < -0.39 is 6.09 Å². The number of carbonyl (C=O) groups excluding carboxylic acids is 2. The second-order valence-electron chi connectivity index (χ2n) is 16.6. The molecule has 2 aromatic carbocycles. The minimum atomic E-state index is -0.565. The highest BCUT2D eigenvalue weighted by molar-refractivity contribution is 5.99. The summed E-state index contributed by atoms with van der Waals surface area (Å²) in [5.41, 5.74) is 9.94. The number of rotatable bonds is 16. The normalized spacial score (nSPS) is 14.0. The van der Waals surface area contributed by atoms with Gasteiger partial charge in [0.25, 0.3) is 0 Å². The molecule has 372 valence electrons. The summed E-state index contributed by atoms with van der Waals surface area (Å²) in [6.07, 6.45) is 6.52. The molecule has 0 bridgehead atoms. The van der Waals surface area contributed by atoms with Crippen LogP contribution in [0, 0.1) is 0 Å². The third-order valence-electron chi connectivity index (χ3n) is 11.8. The van der Waals surface area contributed by atoms with Crippen molar-refractivity contribution < 1.29 is 33.3 Å². The average Bonchev–Trinajstić information content (AvgIpc) is 4.03. The summed E-state index contributed by atoms with van der Waals surface area (Å²) in [6, 6.07) is 26.9. The largest absolute Gasteiger partial charge is 0.476 e. The van der Waals surface area contributed by atoms with Gasteiger partial charge in [-0.2, -0.15) is 0 Å². The lowest BCUT2D eigenvalue weighted by atomic mass is 10.0. The summed E-state index contributed by atoms with van der Waals surface area (Å²) in [4.78, 5) is 62.2. The molecule has 72 heavy (non-hydrogen) atoms. The maximum absolute atomic E-state index is 12.0. The number of urea groups is 1. The number of ether oxygens (including phenoxy) is 5. The van der Waals surface area contributed by atoms with Crippen LogP contribution in [0.4, 0.5) is 21.5 Å². The van der Waals surface area contributed by atoms with Crippen LogP contribution in [0.2, 0.25) is 0 Å². The fourth-order valence-electron chi connectivity index (χ4n) is 8.18. The van der Waals surface area contributed by atoms with Gasteiger partial charge in [0.05, 0.1) is 66.5 Å². The van der Waals surface area contributed by atoms with E-state index in [0.717, 1.165) is 127 Å². The third-order valence-corrected chi connectivity index (χ3v) is 11.8. The first-order chi connectivity index (χ1) is 35.4. The number of carbonyl (C=O) groups is 2. The molecule has 6 aromatic heterocycles. The van der Waals surface area contributed by atoms with Gasteiger partial charge in [-0.3, -0.25) is 30.4 Å². The topological polar surface area (TPSA) is 232 Å². The van der Waals surface area contributed by atoms with E-state index in [1.54, 1.807) is 31.7 Å². The first-order valence-electron chi connectivity index (χ1n) is 24.1. The Balaban J connectivity index is 0.000000178. The van der Waals surface area contributed by atoms with Crippen LogP contribution < -0.4 is 25.4 Å². The molecule has 8 aromatic rings. The van der Waals surface area contributed by atoms with E-state index in [4.69, 9.17) is 23.7 Å². The second kappa shape index (κ2) is 24.2. The zero-order chi connectivity index (χ0) is 49.5. The van der Waals surface area contributed by atoms with Crippen LogP contribution in [0.3, 0.4) is 0 Å². The van der Waals surface area contributed by atoms with Crippen LogP contribution >= 0.6 is 0 Å². The number of aromatic nitrogens is 8. The van der Waals surface area contributed by atoms with Crippen LogP contribution in [0.1, 0.15) is 13.8 Å². The summed E-state index contributed by atoms with van der Waals surface area (Å²) in [5, 5.41) is 8.09. The van der Waals surface area contributed by atoms with Gasteiger partial charge in [-0.1, -0.05) is 12.1 Å². The molecule has 0 spiro atoms. The molecule has 2 aliphatic rings. The minimum absolute atomic E-state index is 0.273. The molecule has 2 aliphatic heterocycles. The van der Waals surface area contributed by atoms with Gasteiger partial charge >= 0.3 is 12.1 Å². The van der Waals surface area contributed by atoms with Gasteiger partial charge in [-0.15, -0.1) is 0 Å². The molecule has 0 unspecified atom stereocenters. The van der Waals surface area contributed by atoms with E-state index in [0.29, 0.717) is 48.9 Å². The van der Waals surface area contributed by atoms with Gasteiger partial charge in [0.15, 0.2) is 0 Å². The first-order valence-corrected chi connectivity index (χ1v) is 24.1. The van der Waals surface area contributed by atoms with E-state index in [9.17, 15) is 9.59 Å². The Kier molecular flexibility index (Phi) is 16.4. The van der Waals surface area contributed by atoms with E-state index >= 15 is 0 Å². The van der Waals surface area contributed by atoms with Crippen molar-refractivity contribution in [3.63, 3.8) is 0 Å². The zero-order valence-electron chi connectivity index (χ0n) is 40.2. The predicted molar refractivity (Wildman–Crippen MR) is 274 cm³/mol. The highest BCUT2D eigenvalue weighted by Crippen LogP contribution is 2.35. The molecule has 2 saturated heterocycles. The van der Waals surface area contributed by atoms with Gasteiger partial charge in [0.1, 0.15) is 13.2 Å². The maximum Gasteiger partial charge on any atom is 0.413 e. The number of aromatic amines is 2. The summed E-state index contributed by atoms with van der Waals surface area (Å²) in [7, 11) is 0. The fraction of sp³-hybridized carbons (Fsp3) is 0.308. The Labute approximate surface area is 415 Å². The summed E-state index contributed by atoms with van der Waals surface area (Å²) < 4.78 is 27.4. The molecule has 3 amide bonds. The molecule has 10 rings (SSSR count). The Hall–Kier alpha value is -8.04. The summed E-state index contributed by atoms with van der Waals surface area (Å²) in [5.74, 6) is 1.85. The Morgan fingerprint density at radius 2 is 1.11 bits per heavy atom. The quantitative estimate of drug-likeness (QED) is 0.0631. The van der Waals surface area contributed by atoms with Crippen LogP contribution in [-0.4, -0.2) is 154 Å².